The summed E-state index contributed by atoms with van der Waals surface area (Å²) in [5.74, 6) is 0.0813. The highest BCUT2D eigenvalue weighted by Gasteiger charge is 2.21. The summed E-state index contributed by atoms with van der Waals surface area (Å²) in [6.45, 7) is 3.59. The summed E-state index contributed by atoms with van der Waals surface area (Å²) in [5.41, 5.74) is 9.35. The standard InChI is InChI=1S/C16H23N3O2/c17-15-5-1-3-12-10-19(7-6-14(12)15)11-16(20)18-9-13-4-2-8-21-13/h1,3,5,13H,2,4,6-11,17H2,(H,18,20). The van der Waals surface area contributed by atoms with Gasteiger partial charge in [0.1, 0.15) is 0 Å². The van der Waals surface area contributed by atoms with E-state index in [-0.39, 0.29) is 12.0 Å². The number of hydrogen-bond donors (Lipinski definition) is 2. The Kier molecular flexibility index (Phi) is 4.41. The molecule has 1 aromatic carbocycles. The first kappa shape index (κ1) is 14.4. The Morgan fingerprint density at radius 3 is 3.19 bits per heavy atom. The fraction of sp³-hybridized carbons (Fsp3) is 0.562. The Bertz CT molecular complexity index is 512. The number of fused-ring (bicyclic) bond motifs is 1. The number of nitrogens with zero attached hydrogens (tertiary/aromatic N) is 1. The van der Waals surface area contributed by atoms with E-state index in [0.29, 0.717) is 13.1 Å². The molecular weight excluding hydrogens is 266 g/mol. The monoisotopic (exact) mass is 289 g/mol. The maximum absolute atomic E-state index is 12.0. The van der Waals surface area contributed by atoms with Gasteiger partial charge < -0.3 is 15.8 Å². The zero-order valence-electron chi connectivity index (χ0n) is 12.3. The average molecular weight is 289 g/mol. The first-order valence-corrected chi connectivity index (χ1v) is 7.69. The van der Waals surface area contributed by atoms with Crippen LogP contribution in [0.2, 0.25) is 0 Å². The van der Waals surface area contributed by atoms with Crippen molar-refractivity contribution in [3.8, 4) is 0 Å². The molecule has 0 aromatic heterocycles. The van der Waals surface area contributed by atoms with Gasteiger partial charge in [-0.15, -0.1) is 0 Å². The topological polar surface area (TPSA) is 67.6 Å². The van der Waals surface area contributed by atoms with Crippen LogP contribution in [0.4, 0.5) is 5.69 Å². The van der Waals surface area contributed by atoms with Gasteiger partial charge in [0.15, 0.2) is 0 Å². The molecule has 5 heteroatoms. The van der Waals surface area contributed by atoms with Crippen molar-refractivity contribution >= 4 is 11.6 Å². The van der Waals surface area contributed by atoms with Crippen LogP contribution in [0.15, 0.2) is 18.2 Å². The van der Waals surface area contributed by atoms with Crippen LogP contribution in [0.3, 0.4) is 0 Å². The summed E-state index contributed by atoms with van der Waals surface area (Å²) in [6, 6.07) is 6.03. The van der Waals surface area contributed by atoms with Crippen molar-refractivity contribution < 1.29 is 9.53 Å². The Morgan fingerprint density at radius 2 is 2.38 bits per heavy atom. The molecule has 2 aliphatic heterocycles. The zero-order chi connectivity index (χ0) is 14.7. The van der Waals surface area contributed by atoms with Crippen LogP contribution in [0.25, 0.3) is 0 Å². The average Bonchev–Trinajstić information content (AvgIpc) is 2.99. The molecule has 0 bridgehead atoms. The lowest BCUT2D eigenvalue weighted by molar-refractivity contribution is -0.122. The van der Waals surface area contributed by atoms with E-state index >= 15 is 0 Å². The number of ether oxygens (including phenoxy) is 1. The van der Waals surface area contributed by atoms with Crippen molar-refractivity contribution in [3.63, 3.8) is 0 Å². The fourth-order valence-corrected chi connectivity index (χ4v) is 3.12. The van der Waals surface area contributed by atoms with Gasteiger partial charge in [-0.1, -0.05) is 12.1 Å². The lowest BCUT2D eigenvalue weighted by Gasteiger charge is -2.29. The SMILES string of the molecule is Nc1cccc2c1CCN(CC(=O)NCC1CCCO1)C2. The minimum absolute atomic E-state index is 0.0813. The molecule has 5 nitrogen and oxygen atoms in total. The molecular formula is C16H23N3O2. The zero-order valence-corrected chi connectivity index (χ0v) is 12.3. The Hall–Kier alpha value is -1.59. The van der Waals surface area contributed by atoms with Gasteiger partial charge >= 0.3 is 0 Å². The number of rotatable bonds is 4. The normalized spacial score (nSPS) is 22.0. The van der Waals surface area contributed by atoms with E-state index in [1.54, 1.807) is 0 Å². The Balaban J connectivity index is 1.48. The maximum atomic E-state index is 12.0. The Labute approximate surface area is 125 Å². The van der Waals surface area contributed by atoms with Gasteiger partial charge in [-0.05, 0) is 36.5 Å². The predicted molar refractivity (Wildman–Crippen MR) is 81.8 cm³/mol. The van der Waals surface area contributed by atoms with Crippen LogP contribution >= 0.6 is 0 Å². The summed E-state index contributed by atoms with van der Waals surface area (Å²) in [4.78, 5) is 14.2. The smallest absolute Gasteiger partial charge is 0.234 e. The van der Waals surface area contributed by atoms with E-state index in [0.717, 1.165) is 44.6 Å². The molecule has 0 aliphatic carbocycles. The molecule has 1 saturated heterocycles. The number of nitrogens with two attached hydrogens (primary N) is 1. The third-order valence-corrected chi connectivity index (χ3v) is 4.30. The number of carbonyl (C=O) groups excluding carboxylic acids is 1. The molecule has 1 atom stereocenters. The quantitative estimate of drug-likeness (QED) is 0.809. The number of hydrogen-bond acceptors (Lipinski definition) is 4. The molecule has 0 saturated carbocycles. The third-order valence-electron chi connectivity index (χ3n) is 4.30. The minimum atomic E-state index is 0.0813. The first-order valence-electron chi connectivity index (χ1n) is 7.69. The third kappa shape index (κ3) is 3.54. The summed E-state index contributed by atoms with van der Waals surface area (Å²) >= 11 is 0. The van der Waals surface area contributed by atoms with Gasteiger partial charge in [-0.3, -0.25) is 9.69 Å². The van der Waals surface area contributed by atoms with Crippen LogP contribution in [-0.2, 0) is 22.5 Å². The molecule has 114 valence electrons. The van der Waals surface area contributed by atoms with Crippen LogP contribution in [0.1, 0.15) is 24.0 Å². The van der Waals surface area contributed by atoms with Gasteiger partial charge in [0.2, 0.25) is 5.91 Å². The predicted octanol–water partition coefficient (Wildman–Crippen LogP) is 0.922. The van der Waals surface area contributed by atoms with Crippen LogP contribution in [-0.4, -0.2) is 43.2 Å². The molecule has 3 rings (SSSR count). The number of amides is 1. The maximum Gasteiger partial charge on any atom is 0.234 e. The van der Waals surface area contributed by atoms with Gasteiger partial charge in [-0.2, -0.15) is 0 Å². The highest BCUT2D eigenvalue weighted by atomic mass is 16.5. The van der Waals surface area contributed by atoms with Crippen molar-refractivity contribution in [1.29, 1.82) is 0 Å². The number of carbonyl (C=O) groups is 1. The highest BCUT2D eigenvalue weighted by molar-refractivity contribution is 5.78. The molecule has 3 N–H and O–H groups in total. The van der Waals surface area contributed by atoms with Gasteiger partial charge in [-0.25, -0.2) is 0 Å². The van der Waals surface area contributed by atoms with E-state index in [1.807, 2.05) is 12.1 Å². The van der Waals surface area contributed by atoms with Crippen molar-refractivity contribution in [3.05, 3.63) is 29.3 Å². The molecule has 0 spiro atoms. The summed E-state index contributed by atoms with van der Waals surface area (Å²) in [5, 5.41) is 2.98. The van der Waals surface area contributed by atoms with Crippen LogP contribution < -0.4 is 11.1 Å². The minimum Gasteiger partial charge on any atom is -0.398 e. The molecule has 2 aliphatic rings. The van der Waals surface area contributed by atoms with E-state index in [4.69, 9.17) is 10.5 Å². The lowest BCUT2D eigenvalue weighted by atomic mass is 9.98. The number of anilines is 1. The van der Waals surface area contributed by atoms with E-state index in [2.05, 4.69) is 16.3 Å². The van der Waals surface area contributed by atoms with Gasteiger partial charge in [0.25, 0.3) is 0 Å². The molecule has 0 radical (unpaired) electrons. The van der Waals surface area contributed by atoms with Gasteiger partial charge in [0.05, 0.1) is 12.6 Å². The second-order valence-corrected chi connectivity index (χ2v) is 5.88. The summed E-state index contributed by atoms with van der Waals surface area (Å²) in [6.07, 6.45) is 3.28. The molecule has 1 unspecified atom stereocenters. The van der Waals surface area contributed by atoms with E-state index in [9.17, 15) is 4.79 Å². The number of nitrogen functional groups attached to an aromatic ring is 1. The van der Waals surface area contributed by atoms with Crippen molar-refractivity contribution in [1.82, 2.24) is 10.2 Å². The highest BCUT2D eigenvalue weighted by Crippen LogP contribution is 2.23. The molecule has 2 heterocycles. The number of nitrogens with one attached hydrogen (secondary N) is 1. The van der Waals surface area contributed by atoms with Crippen molar-refractivity contribution in [2.24, 2.45) is 0 Å². The van der Waals surface area contributed by atoms with Crippen LogP contribution in [0.5, 0.6) is 0 Å². The second-order valence-electron chi connectivity index (χ2n) is 5.88. The molecule has 1 aromatic rings. The van der Waals surface area contributed by atoms with E-state index < -0.39 is 0 Å². The van der Waals surface area contributed by atoms with E-state index in [1.165, 1.54) is 11.1 Å². The molecule has 1 amide bonds. The second kappa shape index (κ2) is 6.45. The van der Waals surface area contributed by atoms with Crippen LogP contribution in [0, 0.1) is 0 Å². The largest absolute Gasteiger partial charge is 0.398 e. The summed E-state index contributed by atoms with van der Waals surface area (Å²) < 4.78 is 5.51. The van der Waals surface area contributed by atoms with Crippen molar-refractivity contribution in [2.75, 3.05) is 32.0 Å². The first-order chi connectivity index (χ1) is 10.2. The fourth-order valence-electron chi connectivity index (χ4n) is 3.12. The van der Waals surface area contributed by atoms with Gasteiger partial charge in [0, 0.05) is 31.9 Å². The lowest BCUT2D eigenvalue weighted by Crippen LogP contribution is -2.42. The Morgan fingerprint density at radius 1 is 1.48 bits per heavy atom. The number of benzene rings is 1. The van der Waals surface area contributed by atoms with Crippen molar-refractivity contribution in [2.45, 2.75) is 31.9 Å². The molecule has 1 fully saturated rings. The summed E-state index contributed by atoms with van der Waals surface area (Å²) in [7, 11) is 0. The molecule has 21 heavy (non-hydrogen) atoms.